The fourth-order valence-corrected chi connectivity index (χ4v) is 3.67. The number of thioether (sulfide) groups is 1. The second-order valence-corrected chi connectivity index (χ2v) is 7.34. The molecule has 0 aliphatic carbocycles. The number of hydrogen-bond acceptors (Lipinski definition) is 6. The number of aryl methyl sites for hydroxylation is 1. The molecule has 0 fully saturated rings. The predicted octanol–water partition coefficient (Wildman–Crippen LogP) is 2.97. The van der Waals surface area contributed by atoms with Crippen LogP contribution < -0.4 is 20.3 Å². The van der Waals surface area contributed by atoms with Gasteiger partial charge in [0.2, 0.25) is 5.91 Å². The molecule has 0 spiro atoms. The van der Waals surface area contributed by atoms with Gasteiger partial charge in [-0.3, -0.25) is 14.2 Å². The topological polar surface area (TPSA) is 98.2 Å². The predicted molar refractivity (Wildman–Crippen MR) is 110 cm³/mol. The van der Waals surface area contributed by atoms with Crippen LogP contribution in [0.25, 0.3) is 11.0 Å². The van der Waals surface area contributed by atoms with Crippen molar-refractivity contribution in [2.24, 2.45) is 7.05 Å². The molecule has 8 nitrogen and oxygen atoms in total. The van der Waals surface area contributed by atoms with Gasteiger partial charge in [-0.1, -0.05) is 23.4 Å². The molecule has 10 heteroatoms. The van der Waals surface area contributed by atoms with Crippen LogP contribution in [0.2, 0.25) is 5.02 Å². The third-order valence-electron chi connectivity index (χ3n) is 4.03. The first-order valence-electron chi connectivity index (χ1n) is 8.24. The van der Waals surface area contributed by atoms with Crippen molar-refractivity contribution < 1.29 is 14.3 Å². The van der Waals surface area contributed by atoms with Gasteiger partial charge in [0.1, 0.15) is 17.0 Å². The lowest BCUT2D eigenvalue weighted by Crippen LogP contribution is -2.21. The molecule has 2 N–H and O–H groups in total. The number of carbonyl (C=O) groups is 1. The van der Waals surface area contributed by atoms with Gasteiger partial charge in [0.15, 0.2) is 5.16 Å². The normalized spacial score (nSPS) is 10.9. The number of amides is 1. The highest BCUT2D eigenvalue weighted by Gasteiger charge is 2.15. The third kappa shape index (κ3) is 3.95. The summed E-state index contributed by atoms with van der Waals surface area (Å²) in [6.45, 7) is 1.86. The molecule has 0 saturated carbocycles. The van der Waals surface area contributed by atoms with Crippen molar-refractivity contribution in [2.75, 3.05) is 25.3 Å². The lowest BCUT2D eigenvalue weighted by atomic mass is 10.2. The summed E-state index contributed by atoms with van der Waals surface area (Å²) in [5.41, 5.74) is 2.11. The molecule has 0 aliphatic rings. The van der Waals surface area contributed by atoms with Gasteiger partial charge in [0, 0.05) is 18.8 Å². The van der Waals surface area contributed by atoms with E-state index in [-0.39, 0.29) is 17.2 Å². The van der Waals surface area contributed by atoms with Crippen LogP contribution >= 0.6 is 23.4 Å². The first kappa shape index (κ1) is 20.1. The van der Waals surface area contributed by atoms with Crippen LogP contribution in [0.1, 0.15) is 5.69 Å². The summed E-state index contributed by atoms with van der Waals surface area (Å²) in [5.74, 6) is 0.640. The Balaban J connectivity index is 1.76. The van der Waals surface area contributed by atoms with Crippen LogP contribution in [0.3, 0.4) is 0 Å². The number of H-pyrrole nitrogens is 1. The first-order chi connectivity index (χ1) is 13.3. The van der Waals surface area contributed by atoms with Crippen molar-refractivity contribution in [1.29, 1.82) is 0 Å². The number of aromatic amines is 1. The van der Waals surface area contributed by atoms with Gasteiger partial charge in [-0.15, -0.1) is 0 Å². The number of halogens is 1. The maximum atomic E-state index is 12.4. The standard InChI is InChI=1S/C18H19ClN4O4S/c1-9-5-12-16(20-9)17(25)23(2)18(22-12)28-8-15(24)21-11-6-10(19)13(26-3)7-14(11)27-4/h5-7,20H,8H2,1-4H3,(H,21,24). The van der Waals surface area contributed by atoms with Crippen molar-refractivity contribution >= 4 is 46.0 Å². The van der Waals surface area contributed by atoms with E-state index in [4.69, 9.17) is 21.1 Å². The molecule has 1 amide bonds. The second kappa shape index (κ2) is 8.15. The summed E-state index contributed by atoms with van der Waals surface area (Å²) in [6, 6.07) is 4.95. The minimum atomic E-state index is -0.288. The summed E-state index contributed by atoms with van der Waals surface area (Å²) in [5, 5.41) is 3.55. The Bertz CT molecular complexity index is 1110. The number of nitrogens with zero attached hydrogens (tertiary/aromatic N) is 2. The molecule has 0 bridgehead atoms. The van der Waals surface area contributed by atoms with Gasteiger partial charge in [0.25, 0.3) is 5.56 Å². The Morgan fingerprint density at radius 3 is 2.68 bits per heavy atom. The first-order valence-corrected chi connectivity index (χ1v) is 9.61. The summed E-state index contributed by atoms with van der Waals surface area (Å²) >= 11 is 7.29. The van der Waals surface area contributed by atoms with E-state index in [1.165, 1.54) is 30.5 Å². The number of benzene rings is 1. The molecule has 1 aromatic carbocycles. The molecule has 0 saturated heterocycles. The highest BCUT2D eigenvalue weighted by atomic mass is 35.5. The van der Waals surface area contributed by atoms with E-state index in [2.05, 4.69) is 15.3 Å². The Kier molecular flexibility index (Phi) is 5.85. The maximum absolute atomic E-state index is 12.4. The number of rotatable bonds is 6. The summed E-state index contributed by atoms with van der Waals surface area (Å²) in [7, 11) is 4.61. The quantitative estimate of drug-likeness (QED) is 0.468. The molecule has 0 atom stereocenters. The van der Waals surface area contributed by atoms with E-state index in [1.807, 2.05) is 6.92 Å². The highest BCUT2D eigenvalue weighted by Crippen LogP contribution is 2.36. The van der Waals surface area contributed by atoms with Gasteiger partial charge >= 0.3 is 0 Å². The molecule has 3 rings (SSSR count). The number of anilines is 1. The fraction of sp³-hybridized carbons (Fsp3) is 0.278. The molecule has 148 valence electrons. The van der Waals surface area contributed by atoms with E-state index in [9.17, 15) is 9.59 Å². The molecule has 3 aromatic rings. The third-order valence-corrected chi connectivity index (χ3v) is 5.36. The van der Waals surface area contributed by atoms with E-state index in [1.54, 1.807) is 25.2 Å². The Morgan fingerprint density at radius 2 is 2.00 bits per heavy atom. The van der Waals surface area contributed by atoms with Crippen LogP contribution in [0.4, 0.5) is 5.69 Å². The zero-order valence-electron chi connectivity index (χ0n) is 15.8. The summed E-state index contributed by atoms with van der Waals surface area (Å²) in [6.07, 6.45) is 0. The largest absolute Gasteiger partial charge is 0.495 e. The Labute approximate surface area is 170 Å². The smallest absolute Gasteiger partial charge is 0.278 e. The molecule has 2 aromatic heterocycles. The lowest BCUT2D eigenvalue weighted by molar-refractivity contribution is -0.113. The number of hydrogen-bond donors (Lipinski definition) is 2. The van der Waals surface area contributed by atoms with Gasteiger partial charge < -0.3 is 19.8 Å². The number of aromatic nitrogens is 3. The SMILES string of the molecule is COc1cc(OC)c(NC(=O)CSc2nc3cc(C)[nH]c3c(=O)n2C)cc1Cl. The molecule has 2 heterocycles. The van der Waals surface area contributed by atoms with Crippen molar-refractivity contribution in [3.63, 3.8) is 0 Å². The molecular formula is C18H19ClN4O4S. The number of ether oxygens (including phenoxy) is 2. The average Bonchev–Trinajstić information content (AvgIpc) is 3.04. The average molecular weight is 423 g/mol. The van der Waals surface area contributed by atoms with Crippen LogP contribution in [0.15, 0.2) is 28.2 Å². The minimum absolute atomic E-state index is 0.0575. The van der Waals surface area contributed by atoms with Crippen molar-refractivity contribution in [3.8, 4) is 11.5 Å². The van der Waals surface area contributed by atoms with Gasteiger partial charge in [-0.05, 0) is 19.1 Å². The van der Waals surface area contributed by atoms with Gasteiger partial charge in [0.05, 0.1) is 36.2 Å². The van der Waals surface area contributed by atoms with Gasteiger partial charge in [-0.2, -0.15) is 0 Å². The Hall–Kier alpha value is -2.65. The molecule has 0 unspecified atom stereocenters. The monoisotopic (exact) mass is 422 g/mol. The number of methoxy groups -OCH3 is 2. The zero-order valence-corrected chi connectivity index (χ0v) is 17.3. The van der Waals surface area contributed by atoms with E-state index in [0.29, 0.717) is 38.4 Å². The number of carbonyl (C=O) groups excluding carboxylic acids is 1. The lowest BCUT2D eigenvalue weighted by Gasteiger charge is -2.13. The van der Waals surface area contributed by atoms with Crippen molar-refractivity contribution in [3.05, 3.63) is 39.3 Å². The minimum Gasteiger partial charge on any atom is -0.495 e. The van der Waals surface area contributed by atoms with Crippen LogP contribution in [-0.2, 0) is 11.8 Å². The molecule has 0 aliphatic heterocycles. The second-order valence-electron chi connectivity index (χ2n) is 6.00. The maximum Gasteiger partial charge on any atom is 0.278 e. The van der Waals surface area contributed by atoms with Crippen LogP contribution in [-0.4, -0.2) is 40.4 Å². The van der Waals surface area contributed by atoms with Crippen molar-refractivity contribution in [2.45, 2.75) is 12.1 Å². The fourth-order valence-electron chi connectivity index (χ4n) is 2.66. The van der Waals surface area contributed by atoms with Crippen molar-refractivity contribution in [1.82, 2.24) is 14.5 Å². The molecule has 0 radical (unpaired) electrons. The van der Waals surface area contributed by atoms with Crippen LogP contribution in [0.5, 0.6) is 11.5 Å². The Morgan fingerprint density at radius 1 is 1.29 bits per heavy atom. The molecule has 28 heavy (non-hydrogen) atoms. The van der Waals surface area contributed by atoms with E-state index >= 15 is 0 Å². The highest BCUT2D eigenvalue weighted by molar-refractivity contribution is 7.99. The van der Waals surface area contributed by atoms with E-state index < -0.39 is 0 Å². The zero-order chi connectivity index (χ0) is 20.4. The van der Waals surface area contributed by atoms with E-state index in [0.717, 1.165) is 5.69 Å². The number of nitrogens with one attached hydrogen (secondary N) is 2. The molecular weight excluding hydrogens is 404 g/mol. The number of fused-ring (bicyclic) bond motifs is 1. The van der Waals surface area contributed by atoms with Gasteiger partial charge in [-0.25, -0.2) is 4.98 Å². The summed E-state index contributed by atoms with van der Waals surface area (Å²) in [4.78, 5) is 32.3. The van der Waals surface area contributed by atoms with Crippen LogP contribution in [0, 0.1) is 6.92 Å². The summed E-state index contributed by atoms with van der Waals surface area (Å²) < 4.78 is 11.8.